The number of unbranched alkanes of at least 4 members (excludes halogenated alkanes) is 5. The van der Waals surface area contributed by atoms with Gasteiger partial charge in [0.15, 0.2) is 5.56 Å². The summed E-state index contributed by atoms with van der Waals surface area (Å²) in [6.45, 7) is 2.55. The number of fused-ring (bicyclic) bond motifs is 1. The highest BCUT2D eigenvalue weighted by molar-refractivity contribution is 6.01. The Morgan fingerprint density at radius 3 is 2.67 bits per heavy atom. The van der Waals surface area contributed by atoms with Gasteiger partial charge in [0.25, 0.3) is 5.91 Å². The van der Waals surface area contributed by atoms with Crippen LogP contribution in [0.4, 0.5) is 4.39 Å². The molecule has 0 saturated heterocycles. The van der Waals surface area contributed by atoms with Crippen molar-refractivity contribution < 1.29 is 18.7 Å². The molecule has 0 radical (unpaired) electrons. The fourth-order valence-corrected chi connectivity index (χ4v) is 2.55. The quantitative estimate of drug-likeness (QED) is 0.569. The van der Waals surface area contributed by atoms with Crippen LogP contribution in [-0.4, -0.2) is 17.6 Å². The van der Waals surface area contributed by atoms with E-state index in [1.54, 1.807) is 0 Å². The number of rotatable bonds is 8. The molecule has 0 aliphatic carbocycles. The number of hydrogen-bond donors (Lipinski definition) is 2. The van der Waals surface area contributed by atoms with Gasteiger partial charge >= 0.3 is 5.63 Å². The fourth-order valence-electron chi connectivity index (χ4n) is 2.55. The third kappa shape index (κ3) is 4.34. The lowest BCUT2D eigenvalue weighted by Crippen LogP contribution is -2.29. The number of carbonyl (C=O) groups is 1. The number of carbonyl (C=O) groups excluding carboxylic acids is 1. The molecule has 2 aromatic rings. The first-order chi connectivity index (χ1) is 11.5. The highest BCUT2D eigenvalue weighted by Gasteiger charge is 2.20. The summed E-state index contributed by atoms with van der Waals surface area (Å²) >= 11 is 0. The lowest BCUT2D eigenvalue weighted by Gasteiger charge is -2.07. The second-order valence-electron chi connectivity index (χ2n) is 5.78. The minimum absolute atomic E-state index is 0.000634. The van der Waals surface area contributed by atoms with Crippen molar-refractivity contribution in [2.45, 2.75) is 45.4 Å². The highest BCUT2D eigenvalue weighted by atomic mass is 19.1. The molecule has 1 amide bonds. The van der Waals surface area contributed by atoms with Gasteiger partial charge in [-0.3, -0.25) is 4.79 Å². The molecule has 0 atom stereocenters. The van der Waals surface area contributed by atoms with Crippen LogP contribution in [-0.2, 0) is 0 Å². The summed E-state index contributed by atoms with van der Waals surface area (Å²) in [6, 6.07) is 3.38. The van der Waals surface area contributed by atoms with E-state index < -0.39 is 28.7 Å². The number of benzene rings is 1. The van der Waals surface area contributed by atoms with Crippen molar-refractivity contribution >= 4 is 16.9 Å². The first-order valence-corrected chi connectivity index (χ1v) is 8.28. The Bertz CT molecular complexity index is 769. The Morgan fingerprint density at radius 2 is 1.92 bits per heavy atom. The van der Waals surface area contributed by atoms with Crippen LogP contribution in [0.15, 0.2) is 27.4 Å². The molecular weight excluding hydrogens is 313 g/mol. The maximum Gasteiger partial charge on any atom is 0.353 e. The smallest absolute Gasteiger partial charge is 0.353 e. The van der Waals surface area contributed by atoms with Crippen molar-refractivity contribution in [3.05, 3.63) is 40.0 Å². The molecule has 1 aromatic heterocycles. The summed E-state index contributed by atoms with van der Waals surface area (Å²) < 4.78 is 18.3. The third-order valence-electron chi connectivity index (χ3n) is 3.88. The molecule has 0 aliphatic rings. The summed E-state index contributed by atoms with van der Waals surface area (Å²) in [5.41, 5.74) is -1.39. The standard InChI is InChI=1S/C18H22FNO4/c1-2-3-4-5-6-7-10-20-17(22)15-16(21)13-11-12(19)8-9-14(13)24-18(15)23/h8-9,11,21H,2-7,10H2,1H3,(H,20,22). The van der Waals surface area contributed by atoms with E-state index in [0.29, 0.717) is 6.54 Å². The molecule has 6 heteroatoms. The van der Waals surface area contributed by atoms with E-state index in [1.165, 1.54) is 25.3 Å². The van der Waals surface area contributed by atoms with E-state index in [-0.39, 0.29) is 11.0 Å². The molecule has 0 spiro atoms. The van der Waals surface area contributed by atoms with Gasteiger partial charge in [-0.2, -0.15) is 0 Å². The zero-order valence-electron chi connectivity index (χ0n) is 13.7. The first kappa shape index (κ1) is 18.0. The van der Waals surface area contributed by atoms with Crippen LogP contribution in [0.5, 0.6) is 5.75 Å². The molecule has 5 nitrogen and oxygen atoms in total. The first-order valence-electron chi connectivity index (χ1n) is 8.28. The van der Waals surface area contributed by atoms with Gasteiger partial charge in [-0.05, 0) is 24.6 Å². The van der Waals surface area contributed by atoms with Gasteiger partial charge in [0.05, 0.1) is 5.39 Å². The fraction of sp³-hybridized carbons (Fsp3) is 0.444. The van der Waals surface area contributed by atoms with E-state index in [9.17, 15) is 19.1 Å². The second kappa shape index (κ2) is 8.47. The maximum absolute atomic E-state index is 13.3. The van der Waals surface area contributed by atoms with Crippen molar-refractivity contribution in [1.82, 2.24) is 5.32 Å². The number of amides is 1. The number of hydrogen-bond acceptors (Lipinski definition) is 4. The van der Waals surface area contributed by atoms with Gasteiger partial charge in [-0.25, -0.2) is 9.18 Å². The molecule has 0 bridgehead atoms. The Hall–Kier alpha value is -2.37. The molecule has 1 heterocycles. The summed E-state index contributed by atoms with van der Waals surface area (Å²) in [5, 5.41) is 12.7. The second-order valence-corrected chi connectivity index (χ2v) is 5.78. The molecule has 130 valence electrons. The summed E-state index contributed by atoms with van der Waals surface area (Å²) in [6.07, 6.45) is 6.44. The van der Waals surface area contributed by atoms with Gasteiger partial charge in [0.1, 0.15) is 17.1 Å². The van der Waals surface area contributed by atoms with Gasteiger partial charge in [0, 0.05) is 6.54 Å². The molecule has 0 aliphatic heterocycles. The topological polar surface area (TPSA) is 79.5 Å². The molecular formula is C18H22FNO4. The van der Waals surface area contributed by atoms with Crippen LogP contribution in [0, 0.1) is 5.82 Å². The van der Waals surface area contributed by atoms with Crippen LogP contribution in [0.25, 0.3) is 11.0 Å². The molecule has 24 heavy (non-hydrogen) atoms. The predicted molar refractivity (Wildman–Crippen MR) is 89.8 cm³/mol. The van der Waals surface area contributed by atoms with Crippen LogP contribution < -0.4 is 10.9 Å². The van der Waals surface area contributed by atoms with Crippen LogP contribution in [0.3, 0.4) is 0 Å². The predicted octanol–water partition coefficient (Wildman–Crippen LogP) is 3.73. The molecule has 0 saturated carbocycles. The zero-order chi connectivity index (χ0) is 17.5. The minimum Gasteiger partial charge on any atom is -0.506 e. The number of halogens is 1. The highest BCUT2D eigenvalue weighted by Crippen LogP contribution is 2.26. The largest absolute Gasteiger partial charge is 0.506 e. The summed E-state index contributed by atoms with van der Waals surface area (Å²) in [7, 11) is 0. The van der Waals surface area contributed by atoms with Crippen LogP contribution in [0.1, 0.15) is 55.8 Å². The minimum atomic E-state index is -0.938. The molecule has 2 rings (SSSR count). The lowest BCUT2D eigenvalue weighted by atomic mass is 10.1. The average molecular weight is 335 g/mol. The van der Waals surface area contributed by atoms with Crippen LogP contribution in [0.2, 0.25) is 0 Å². The van der Waals surface area contributed by atoms with Crippen molar-refractivity contribution in [2.75, 3.05) is 6.54 Å². The van der Waals surface area contributed by atoms with Gasteiger partial charge in [-0.1, -0.05) is 39.0 Å². The molecule has 0 unspecified atom stereocenters. The number of nitrogens with one attached hydrogen (secondary N) is 1. The Kier molecular flexibility index (Phi) is 6.35. The Labute approximate surface area is 139 Å². The van der Waals surface area contributed by atoms with Crippen molar-refractivity contribution in [1.29, 1.82) is 0 Å². The van der Waals surface area contributed by atoms with Crippen LogP contribution >= 0.6 is 0 Å². The molecule has 0 fully saturated rings. The van der Waals surface area contributed by atoms with E-state index in [0.717, 1.165) is 31.4 Å². The SMILES string of the molecule is CCCCCCCCNC(=O)c1c(O)c2cc(F)ccc2oc1=O. The van der Waals surface area contributed by atoms with Gasteiger partial charge in [0.2, 0.25) is 0 Å². The van der Waals surface area contributed by atoms with Crippen molar-refractivity contribution in [2.24, 2.45) is 0 Å². The Balaban J connectivity index is 2.03. The van der Waals surface area contributed by atoms with Gasteiger partial charge in [-0.15, -0.1) is 0 Å². The van der Waals surface area contributed by atoms with Crippen molar-refractivity contribution in [3.8, 4) is 5.75 Å². The molecule has 2 N–H and O–H groups in total. The van der Waals surface area contributed by atoms with E-state index in [4.69, 9.17) is 4.42 Å². The maximum atomic E-state index is 13.3. The molecule has 1 aromatic carbocycles. The van der Waals surface area contributed by atoms with Crippen molar-refractivity contribution in [3.63, 3.8) is 0 Å². The van der Waals surface area contributed by atoms with E-state index in [1.807, 2.05) is 0 Å². The Morgan fingerprint density at radius 1 is 1.21 bits per heavy atom. The monoisotopic (exact) mass is 335 g/mol. The normalized spacial score (nSPS) is 10.9. The zero-order valence-corrected chi connectivity index (χ0v) is 13.7. The summed E-state index contributed by atoms with van der Waals surface area (Å²) in [5.74, 6) is -1.85. The van der Waals surface area contributed by atoms with E-state index >= 15 is 0 Å². The third-order valence-corrected chi connectivity index (χ3v) is 3.88. The number of aromatic hydroxyl groups is 1. The summed E-state index contributed by atoms with van der Waals surface area (Å²) in [4.78, 5) is 24.0. The van der Waals surface area contributed by atoms with Gasteiger partial charge < -0.3 is 14.8 Å². The van der Waals surface area contributed by atoms with E-state index in [2.05, 4.69) is 12.2 Å². The lowest BCUT2D eigenvalue weighted by molar-refractivity contribution is 0.0946. The average Bonchev–Trinajstić information content (AvgIpc) is 2.55.